The highest BCUT2D eigenvalue weighted by Crippen LogP contribution is 2.22. The van der Waals surface area contributed by atoms with E-state index in [4.69, 9.17) is 27.9 Å². The second kappa shape index (κ2) is 8.34. The van der Waals surface area contributed by atoms with Crippen LogP contribution in [0.3, 0.4) is 0 Å². The van der Waals surface area contributed by atoms with E-state index in [1.165, 1.54) is 6.08 Å². The summed E-state index contributed by atoms with van der Waals surface area (Å²) in [5.41, 5.74) is 1.31. The van der Waals surface area contributed by atoms with Crippen LogP contribution in [0.1, 0.15) is 5.56 Å². The van der Waals surface area contributed by atoms with E-state index in [9.17, 15) is 4.79 Å². The number of hydrogen-bond donors (Lipinski definition) is 1. The largest absolute Gasteiger partial charge is 0.378 e. The SMILES string of the molecule is O=C(/C=C/c1cc(Cl)ccc1Cl)Nc1ccc(N2CCOCC2)nc1. The standard InChI is InChI=1S/C18H17Cl2N3O2/c19-14-2-4-16(20)13(11-14)1-6-18(24)22-15-3-5-17(21-12-15)23-7-9-25-10-8-23/h1-6,11-12H,7-10H2,(H,22,24)/b6-1+. The molecule has 0 spiro atoms. The molecule has 25 heavy (non-hydrogen) atoms. The molecule has 1 saturated heterocycles. The Morgan fingerprint density at radius 2 is 2.00 bits per heavy atom. The summed E-state index contributed by atoms with van der Waals surface area (Å²) in [6.45, 7) is 3.05. The summed E-state index contributed by atoms with van der Waals surface area (Å²) in [6, 6.07) is 8.81. The Morgan fingerprint density at radius 3 is 2.72 bits per heavy atom. The van der Waals surface area contributed by atoms with Crippen molar-refractivity contribution in [2.45, 2.75) is 0 Å². The minimum atomic E-state index is -0.267. The fraction of sp³-hybridized carbons (Fsp3) is 0.222. The number of amides is 1. The van der Waals surface area contributed by atoms with Gasteiger partial charge in [0.15, 0.2) is 0 Å². The second-order valence-corrected chi connectivity index (χ2v) is 6.34. The monoisotopic (exact) mass is 377 g/mol. The first kappa shape index (κ1) is 17.7. The van der Waals surface area contributed by atoms with Crippen LogP contribution in [0.5, 0.6) is 0 Å². The summed E-state index contributed by atoms with van der Waals surface area (Å²) in [5.74, 6) is 0.611. The highest BCUT2D eigenvalue weighted by atomic mass is 35.5. The van der Waals surface area contributed by atoms with Crippen molar-refractivity contribution in [3.8, 4) is 0 Å². The van der Waals surface area contributed by atoms with E-state index in [-0.39, 0.29) is 5.91 Å². The van der Waals surface area contributed by atoms with Crippen molar-refractivity contribution < 1.29 is 9.53 Å². The van der Waals surface area contributed by atoms with Crippen molar-refractivity contribution in [3.05, 3.63) is 58.2 Å². The zero-order valence-electron chi connectivity index (χ0n) is 13.4. The van der Waals surface area contributed by atoms with Gasteiger partial charge in [-0.2, -0.15) is 0 Å². The van der Waals surface area contributed by atoms with Crippen LogP contribution >= 0.6 is 23.2 Å². The maximum absolute atomic E-state index is 12.0. The lowest BCUT2D eigenvalue weighted by Gasteiger charge is -2.27. The first-order chi connectivity index (χ1) is 12.1. The molecule has 1 aromatic heterocycles. The fourth-order valence-electron chi connectivity index (χ4n) is 2.43. The number of aromatic nitrogens is 1. The molecule has 7 heteroatoms. The van der Waals surface area contributed by atoms with Crippen molar-refractivity contribution in [2.75, 3.05) is 36.5 Å². The van der Waals surface area contributed by atoms with Crippen LogP contribution in [0.25, 0.3) is 6.08 Å². The summed E-state index contributed by atoms with van der Waals surface area (Å²) < 4.78 is 5.32. The number of anilines is 2. The van der Waals surface area contributed by atoms with Crippen molar-refractivity contribution in [2.24, 2.45) is 0 Å². The molecule has 1 amide bonds. The number of nitrogens with one attached hydrogen (secondary N) is 1. The molecule has 1 N–H and O–H groups in total. The lowest BCUT2D eigenvalue weighted by Crippen LogP contribution is -2.36. The van der Waals surface area contributed by atoms with Gasteiger partial charge in [-0.15, -0.1) is 0 Å². The molecular formula is C18H17Cl2N3O2. The van der Waals surface area contributed by atoms with Gasteiger partial charge in [-0.25, -0.2) is 4.98 Å². The normalized spacial score (nSPS) is 14.7. The van der Waals surface area contributed by atoms with Crippen molar-refractivity contribution in [1.82, 2.24) is 4.98 Å². The molecule has 1 aromatic carbocycles. The van der Waals surface area contributed by atoms with E-state index in [1.54, 1.807) is 30.5 Å². The minimum absolute atomic E-state index is 0.267. The Hall–Kier alpha value is -2.08. The van der Waals surface area contributed by atoms with Crippen LogP contribution in [0.2, 0.25) is 10.0 Å². The number of morpholine rings is 1. The summed E-state index contributed by atoms with van der Waals surface area (Å²) in [4.78, 5) is 18.6. The van der Waals surface area contributed by atoms with E-state index in [0.29, 0.717) is 34.5 Å². The molecule has 0 unspecified atom stereocenters. The van der Waals surface area contributed by atoms with Gasteiger partial charge in [-0.05, 0) is 42.0 Å². The number of halogens is 2. The molecule has 1 aliphatic heterocycles. The van der Waals surface area contributed by atoms with E-state index in [2.05, 4.69) is 15.2 Å². The molecule has 1 aliphatic rings. The highest BCUT2D eigenvalue weighted by Gasteiger charge is 2.12. The number of carbonyl (C=O) groups excluding carboxylic acids is 1. The van der Waals surface area contributed by atoms with Gasteiger partial charge in [0, 0.05) is 29.2 Å². The van der Waals surface area contributed by atoms with E-state index in [1.807, 2.05) is 12.1 Å². The molecule has 1 fully saturated rings. The van der Waals surface area contributed by atoms with Gasteiger partial charge in [0.2, 0.25) is 5.91 Å². The molecule has 0 radical (unpaired) electrons. The van der Waals surface area contributed by atoms with Crippen LogP contribution in [0.15, 0.2) is 42.6 Å². The van der Waals surface area contributed by atoms with Gasteiger partial charge in [0.05, 0.1) is 25.1 Å². The van der Waals surface area contributed by atoms with Crippen LogP contribution in [0, 0.1) is 0 Å². The van der Waals surface area contributed by atoms with Gasteiger partial charge in [-0.3, -0.25) is 4.79 Å². The molecule has 0 bridgehead atoms. The zero-order chi connectivity index (χ0) is 17.6. The number of pyridine rings is 1. The predicted octanol–water partition coefficient (Wildman–Crippen LogP) is 3.88. The number of ether oxygens (including phenoxy) is 1. The third-order valence-corrected chi connectivity index (χ3v) is 4.30. The van der Waals surface area contributed by atoms with Gasteiger partial charge >= 0.3 is 0 Å². The molecule has 0 saturated carbocycles. The Morgan fingerprint density at radius 1 is 1.20 bits per heavy atom. The second-order valence-electron chi connectivity index (χ2n) is 5.49. The molecule has 2 heterocycles. The highest BCUT2D eigenvalue weighted by molar-refractivity contribution is 6.34. The molecule has 0 atom stereocenters. The van der Waals surface area contributed by atoms with Gasteiger partial charge in [0.25, 0.3) is 0 Å². The van der Waals surface area contributed by atoms with E-state index in [0.717, 1.165) is 18.9 Å². The van der Waals surface area contributed by atoms with Crippen LogP contribution < -0.4 is 10.2 Å². The average molecular weight is 378 g/mol. The molecule has 5 nitrogen and oxygen atoms in total. The summed E-state index contributed by atoms with van der Waals surface area (Å²) >= 11 is 12.0. The summed E-state index contributed by atoms with van der Waals surface area (Å²) in [6.07, 6.45) is 4.68. The Labute approximate surface area is 156 Å². The molecule has 2 aromatic rings. The average Bonchev–Trinajstić information content (AvgIpc) is 2.64. The molecule has 3 rings (SSSR count). The first-order valence-corrected chi connectivity index (χ1v) is 8.60. The lowest BCUT2D eigenvalue weighted by atomic mass is 10.2. The maximum Gasteiger partial charge on any atom is 0.248 e. The minimum Gasteiger partial charge on any atom is -0.378 e. The smallest absolute Gasteiger partial charge is 0.248 e. The third kappa shape index (κ3) is 4.95. The van der Waals surface area contributed by atoms with Gasteiger partial charge in [-0.1, -0.05) is 23.2 Å². The van der Waals surface area contributed by atoms with Crippen molar-refractivity contribution >= 4 is 46.7 Å². The predicted molar refractivity (Wildman–Crippen MR) is 101 cm³/mol. The topological polar surface area (TPSA) is 54.5 Å². The number of benzene rings is 1. The van der Waals surface area contributed by atoms with Crippen LogP contribution in [-0.4, -0.2) is 37.2 Å². The lowest BCUT2D eigenvalue weighted by molar-refractivity contribution is -0.111. The molecular weight excluding hydrogens is 361 g/mol. The maximum atomic E-state index is 12.0. The summed E-state index contributed by atoms with van der Waals surface area (Å²) in [7, 11) is 0. The van der Waals surface area contributed by atoms with Gasteiger partial charge < -0.3 is 15.0 Å². The Balaban J connectivity index is 1.60. The van der Waals surface area contributed by atoms with Crippen LogP contribution in [-0.2, 0) is 9.53 Å². The van der Waals surface area contributed by atoms with Gasteiger partial charge in [0.1, 0.15) is 5.82 Å². The van der Waals surface area contributed by atoms with Crippen molar-refractivity contribution in [3.63, 3.8) is 0 Å². The Bertz CT molecular complexity index is 772. The molecule has 130 valence electrons. The fourth-order valence-corrected chi connectivity index (χ4v) is 2.79. The number of nitrogens with zero attached hydrogens (tertiary/aromatic N) is 2. The van der Waals surface area contributed by atoms with E-state index >= 15 is 0 Å². The third-order valence-electron chi connectivity index (χ3n) is 3.72. The number of rotatable bonds is 4. The number of hydrogen-bond acceptors (Lipinski definition) is 4. The first-order valence-electron chi connectivity index (χ1n) is 7.85. The van der Waals surface area contributed by atoms with Crippen molar-refractivity contribution in [1.29, 1.82) is 0 Å². The van der Waals surface area contributed by atoms with Crippen LogP contribution in [0.4, 0.5) is 11.5 Å². The van der Waals surface area contributed by atoms with E-state index < -0.39 is 0 Å². The quantitative estimate of drug-likeness (QED) is 0.821. The number of carbonyl (C=O) groups is 1. The summed E-state index contributed by atoms with van der Waals surface area (Å²) in [5, 5.41) is 3.86. The molecule has 0 aliphatic carbocycles. The Kier molecular flexibility index (Phi) is 5.91. The zero-order valence-corrected chi connectivity index (χ0v) is 14.9.